The van der Waals surface area contributed by atoms with Crippen LogP contribution in [0.15, 0.2) is 47.1 Å². The highest BCUT2D eigenvalue weighted by molar-refractivity contribution is 5.94. The Morgan fingerprint density at radius 1 is 1.10 bits per heavy atom. The van der Waals surface area contributed by atoms with Gasteiger partial charge in [-0.3, -0.25) is 4.79 Å². The first-order valence-electron chi connectivity index (χ1n) is 15.0. The fraction of sp³-hybridized carbons (Fsp3) is 0.562. The second kappa shape index (κ2) is 10.2. The molecule has 9 heteroatoms. The molecule has 0 spiro atoms. The minimum atomic E-state index is -1.20. The number of benzene rings is 1. The Morgan fingerprint density at radius 2 is 1.90 bits per heavy atom. The molecule has 1 aromatic carbocycles. The normalized spacial score (nSPS) is 26.4. The molecule has 2 bridgehead atoms. The Balaban J connectivity index is 1.13. The van der Waals surface area contributed by atoms with E-state index < -0.39 is 11.3 Å². The molecule has 0 unspecified atom stereocenters. The number of hydrogen-bond donors (Lipinski definition) is 0. The highest BCUT2D eigenvalue weighted by Crippen LogP contribution is 2.54. The van der Waals surface area contributed by atoms with Crippen molar-refractivity contribution in [3.8, 4) is 17.0 Å². The van der Waals surface area contributed by atoms with Crippen LogP contribution in [0.1, 0.15) is 88.3 Å². The van der Waals surface area contributed by atoms with Gasteiger partial charge in [-0.05, 0) is 93.5 Å². The van der Waals surface area contributed by atoms with E-state index in [1.165, 1.54) is 0 Å². The van der Waals surface area contributed by atoms with E-state index in [0.29, 0.717) is 43.7 Å². The van der Waals surface area contributed by atoms with Gasteiger partial charge in [-0.1, -0.05) is 17.3 Å². The fourth-order valence-electron chi connectivity index (χ4n) is 6.66. The van der Waals surface area contributed by atoms with E-state index in [4.69, 9.17) is 19.0 Å². The fourth-order valence-corrected chi connectivity index (χ4v) is 6.66. The molecule has 0 atom stereocenters. The molecule has 2 saturated heterocycles. The van der Waals surface area contributed by atoms with Gasteiger partial charge in [-0.2, -0.15) is 4.98 Å². The predicted octanol–water partition coefficient (Wildman–Crippen LogP) is 6.51. The van der Waals surface area contributed by atoms with E-state index in [1.807, 2.05) is 41.3 Å². The van der Waals surface area contributed by atoms with Crippen molar-refractivity contribution < 1.29 is 23.2 Å². The van der Waals surface area contributed by atoms with Crippen molar-refractivity contribution in [3.05, 3.63) is 54.3 Å². The van der Waals surface area contributed by atoms with Gasteiger partial charge in [0.15, 0.2) is 5.82 Å². The third kappa shape index (κ3) is 5.13. The largest absolute Gasteiger partial charge is 0.481 e. The van der Waals surface area contributed by atoms with Gasteiger partial charge < -0.3 is 18.9 Å². The molecule has 2 aliphatic heterocycles. The number of halogens is 1. The molecule has 2 aromatic heterocycles. The van der Waals surface area contributed by atoms with Gasteiger partial charge in [0.25, 0.3) is 5.89 Å². The molecule has 8 rings (SSSR count). The average Bonchev–Trinajstić information content (AvgIpc) is 3.74. The molecule has 5 fully saturated rings. The minimum absolute atomic E-state index is 0.0406. The van der Waals surface area contributed by atoms with Crippen LogP contribution >= 0.6 is 0 Å². The van der Waals surface area contributed by atoms with Gasteiger partial charge in [0, 0.05) is 42.2 Å². The Labute approximate surface area is 239 Å². The van der Waals surface area contributed by atoms with Gasteiger partial charge in [0.1, 0.15) is 11.3 Å². The number of hydrogen-bond acceptors (Lipinski definition) is 7. The zero-order chi connectivity index (χ0) is 28.1. The molecule has 0 N–H and O–H groups in total. The van der Waals surface area contributed by atoms with Crippen molar-refractivity contribution in [1.29, 1.82) is 0 Å². The van der Waals surface area contributed by atoms with Crippen LogP contribution in [0.2, 0.25) is 0 Å². The van der Waals surface area contributed by atoms with E-state index in [2.05, 4.69) is 10.1 Å². The van der Waals surface area contributed by atoms with Crippen LogP contribution in [0.5, 0.6) is 5.88 Å². The lowest BCUT2D eigenvalue weighted by Crippen LogP contribution is -2.54. The van der Waals surface area contributed by atoms with Gasteiger partial charge in [0.2, 0.25) is 11.8 Å². The van der Waals surface area contributed by atoms with Crippen LogP contribution in [-0.2, 0) is 15.1 Å². The molecule has 3 aromatic rings. The maximum Gasteiger partial charge on any atom is 0.258 e. The highest BCUT2D eigenvalue weighted by Gasteiger charge is 2.54. The van der Waals surface area contributed by atoms with Crippen molar-refractivity contribution in [2.24, 2.45) is 5.41 Å². The smallest absolute Gasteiger partial charge is 0.258 e. The molecule has 4 heterocycles. The van der Waals surface area contributed by atoms with Crippen molar-refractivity contribution in [2.75, 3.05) is 25.2 Å². The number of methoxy groups -OCH3 is 1. The van der Waals surface area contributed by atoms with E-state index in [9.17, 15) is 9.18 Å². The molecule has 5 aliphatic rings. The lowest BCUT2D eigenvalue weighted by molar-refractivity contribution is -0.198. The number of ether oxygens (including phenoxy) is 2. The second-order valence-corrected chi connectivity index (χ2v) is 12.6. The number of fused-ring (bicyclic) bond motifs is 3. The first-order valence-corrected chi connectivity index (χ1v) is 15.0. The maximum atomic E-state index is 14.9. The number of nitrogens with zero attached hydrogens (tertiary/aromatic N) is 4. The summed E-state index contributed by atoms with van der Waals surface area (Å²) < 4.78 is 32.5. The number of aromatic nitrogens is 3. The zero-order valence-electron chi connectivity index (χ0n) is 23.6. The Morgan fingerprint density at radius 3 is 2.59 bits per heavy atom. The van der Waals surface area contributed by atoms with E-state index in [1.54, 1.807) is 13.3 Å². The van der Waals surface area contributed by atoms with Gasteiger partial charge in [0.05, 0.1) is 13.7 Å². The first kappa shape index (κ1) is 26.6. The van der Waals surface area contributed by atoms with Crippen molar-refractivity contribution in [1.82, 2.24) is 15.1 Å². The number of carbonyl (C=O) groups excluding carboxylic acids is 1. The van der Waals surface area contributed by atoms with Crippen molar-refractivity contribution in [3.63, 3.8) is 0 Å². The predicted molar refractivity (Wildman–Crippen MR) is 150 cm³/mol. The number of anilines is 1. The monoisotopic (exact) mass is 560 g/mol. The summed E-state index contributed by atoms with van der Waals surface area (Å²) in [6.45, 7) is 1.05. The maximum absolute atomic E-state index is 14.9. The van der Waals surface area contributed by atoms with Crippen molar-refractivity contribution in [2.45, 2.75) is 87.8 Å². The molecule has 0 radical (unpaired) electrons. The van der Waals surface area contributed by atoms with Gasteiger partial charge in [-0.15, -0.1) is 0 Å². The molecule has 41 heavy (non-hydrogen) atoms. The minimum Gasteiger partial charge on any atom is -0.481 e. The summed E-state index contributed by atoms with van der Waals surface area (Å²) in [7, 11) is 1.59. The van der Waals surface area contributed by atoms with Crippen LogP contribution in [-0.4, -0.2) is 47.0 Å². The third-order valence-electron chi connectivity index (χ3n) is 9.81. The number of alkyl halides is 1. The number of rotatable bonds is 10. The van der Waals surface area contributed by atoms with Crippen LogP contribution < -0.4 is 9.64 Å². The summed E-state index contributed by atoms with van der Waals surface area (Å²) >= 11 is 0. The molecular formula is C32H37FN4O4. The topological polar surface area (TPSA) is 90.6 Å². The average molecular weight is 561 g/mol. The summed E-state index contributed by atoms with van der Waals surface area (Å²) in [6, 6.07) is 11.8. The lowest BCUT2D eigenvalue weighted by Gasteiger charge is -2.52. The van der Waals surface area contributed by atoms with Crippen LogP contribution in [0.25, 0.3) is 11.1 Å². The quantitative estimate of drug-likeness (QED) is 0.279. The molecule has 8 nitrogen and oxygen atoms in total. The molecule has 216 valence electrons. The Kier molecular flexibility index (Phi) is 6.60. The van der Waals surface area contributed by atoms with Crippen LogP contribution in [0.3, 0.4) is 0 Å². The summed E-state index contributed by atoms with van der Waals surface area (Å²) in [6.07, 6.45) is 9.79. The first-order chi connectivity index (χ1) is 19.9. The standard InChI is InChI=1S/C32H37FN4O4/c1-39-26-19-24(9-17-34-26)23-4-2-5-25(18-23)37(27(38)8-12-31(33)10-3-11-31)20-30-13-15-32(16-14-30,40-21-30)29-35-28(36-41-29)22-6-7-22/h2,4-5,9,17-19,22H,3,6-8,10-16,20-21H2,1H3. The summed E-state index contributed by atoms with van der Waals surface area (Å²) in [5.74, 6) is 2.34. The lowest BCUT2D eigenvalue weighted by atomic mass is 9.65. The third-order valence-corrected chi connectivity index (χ3v) is 9.81. The number of amides is 1. The zero-order valence-corrected chi connectivity index (χ0v) is 23.6. The van der Waals surface area contributed by atoms with Crippen LogP contribution in [0.4, 0.5) is 10.1 Å². The van der Waals surface area contributed by atoms with E-state index >= 15 is 0 Å². The molecule has 3 aliphatic carbocycles. The van der Waals surface area contributed by atoms with E-state index in [-0.39, 0.29) is 24.2 Å². The Bertz CT molecular complexity index is 1410. The highest BCUT2D eigenvalue weighted by atomic mass is 19.1. The molecular weight excluding hydrogens is 523 g/mol. The summed E-state index contributed by atoms with van der Waals surface area (Å²) in [5.41, 5.74) is 0.822. The number of pyridine rings is 1. The Hall–Kier alpha value is -3.33. The van der Waals surface area contributed by atoms with Crippen LogP contribution in [0, 0.1) is 5.41 Å². The number of carbonyl (C=O) groups is 1. The van der Waals surface area contributed by atoms with Gasteiger partial charge in [-0.25, -0.2) is 9.37 Å². The van der Waals surface area contributed by atoms with Crippen molar-refractivity contribution >= 4 is 11.6 Å². The SMILES string of the molecule is COc1cc(-c2cccc(N(CC34CCC(c5nc(C6CC6)no5)(CC3)OC4)C(=O)CCC3(F)CCC3)c2)ccn1. The summed E-state index contributed by atoms with van der Waals surface area (Å²) in [5, 5.41) is 4.23. The summed E-state index contributed by atoms with van der Waals surface area (Å²) in [4.78, 5) is 24.7. The molecule has 3 saturated carbocycles. The molecule has 1 amide bonds. The van der Waals surface area contributed by atoms with Gasteiger partial charge >= 0.3 is 0 Å². The van der Waals surface area contributed by atoms with E-state index in [0.717, 1.165) is 67.6 Å². The second-order valence-electron chi connectivity index (χ2n) is 12.6.